The number of nitrogens with one attached hydrogen (secondary N) is 2. The van der Waals surface area contributed by atoms with E-state index in [2.05, 4.69) is 20.5 Å². The Morgan fingerprint density at radius 3 is 2.58 bits per heavy atom. The lowest BCUT2D eigenvalue weighted by atomic mass is 10.1. The monoisotopic (exact) mass is 480 g/mol. The van der Waals surface area contributed by atoms with Gasteiger partial charge in [0, 0.05) is 23.4 Å². The molecule has 0 radical (unpaired) electrons. The predicted molar refractivity (Wildman–Crippen MR) is 122 cm³/mol. The molecule has 0 saturated heterocycles. The standard InChI is InChI=1S/C21H19Cl3N4O3/c22-12-10-14-18(16(24)11-12)26-21(31)19(14)28-27-17(29)8-2-1-5-9-25-20(30)13-6-3-4-7-15(13)23/h3-4,6-7,10-11,26,31H,1-2,5,8-9H2,(H,25,30). The number of aromatic hydroxyl groups is 1. The quantitative estimate of drug-likeness (QED) is 0.255. The summed E-state index contributed by atoms with van der Waals surface area (Å²) in [4.78, 5) is 26.7. The van der Waals surface area contributed by atoms with E-state index >= 15 is 0 Å². The Morgan fingerprint density at radius 1 is 1.03 bits per heavy atom. The van der Waals surface area contributed by atoms with Crippen molar-refractivity contribution in [1.29, 1.82) is 0 Å². The summed E-state index contributed by atoms with van der Waals surface area (Å²) in [7, 11) is 0. The molecule has 162 valence electrons. The second-order valence-corrected chi connectivity index (χ2v) is 8.02. The lowest BCUT2D eigenvalue weighted by Gasteiger charge is -2.06. The number of aromatic amines is 1. The van der Waals surface area contributed by atoms with Crippen molar-refractivity contribution >= 4 is 63.2 Å². The van der Waals surface area contributed by atoms with Crippen molar-refractivity contribution in [2.24, 2.45) is 10.2 Å². The topological polar surface area (TPSA) is 107 Å². The number of amides is 2. The van der Waals surface area contributed by atoms with E-state index in [4.69, 9.17) is 34.8 Å². The Labute approximate surface area is 193 Å². The molecule has 1 heterocycles. The normalized spacial score (nSPS) is 11.3. The van der Waals surface area contributed by atoms with Crippen LogP contribution in [-0.4, -0.2) is 28.4 Å². The van der Waals surface area contributed by atoms with Crippen molar-refractivity contribution in [2.75, 3.05) is 6.54 Å². The molecule has 0 saturated carbocycles. The molecule has 0 spiro atoms. The SMILES string of the molecule is O=C(CCCCCNC(=O)c1ccccc1Cl)N=Nc1c(O)[nH]c2c(Cl)cc(Cl)cc12. The van der Waals surface area contributed by atoms with Crippen LogP contribution in [0.4, 0.5) is 5.69 Å². The molecule has 0 aliphatic carbocycles. The number of unbranched alkanes of at least 4 members (excludes halogenated alkanes) is 2. The molecule has 2 aromatic carbocycles. The average molecular weight is 482 g/mol. The van der Waals surface area contributed by atoms with E-state index in [1.165, 1.54) is 6.07 Å². The third-order valence-corrected chi connectivity index (χ3v) is 5.36. The van der Waals surface area contributed by atoms with Crippen LogP contribution in [0.1, 0.15) is 36.0 Å². The Bertz CT molecular complexity index is 1140. The van der Waals surface area contributed by atoms with E-state index in [9.17, 15) is 14.7 Å². The first-order valence-electron chi connectivity index (χ1n) is 9.54. The molecule has 10 heteroatoms. The van der Waals surface area contributed by atoms with Gasteiger partial charge in [0.05, 0.1) is 21.1 Å². The molecule has 31 heavy (non-hydrogen) atoms. The number of rotatable bonds is 8. The summed E-state index contributed by atoms with van der Waals surface area (Å²) >= 11 is 18.1. The highest BCUT2D eigenvalue weighted by Gasteiger charge is 2.14. The number of aromatic nitrogens is 1. The van der Waals surface area contributed by atoms with Crippen LogP contribution < -0.4 is 5.32 Å². The van der Waals surface area contributed by atoms with E-state index in [-0.39, 0.29) is 23.9 Å². The fraction of sp³-hybridized carbons (Fsp3) is 0.238. The van der Waals surface area contributed by atoms with Gasteiger partial charge in [-0.3, -0.25) is 9.59 Å². The van der Waals surface area contributed by atoms with E-state index < -0.39 is 5.91 Å². The molecule has 3 rings (SSSR count). The number of carbonyl (C=O) groups excluding carboxylic acids is 2. The number of halogens is 3. The van der Waals surface area contributed by atoms with Crippen molar-refractivity contribution in [3.63, 3.8) is 0 Å². The number of hydrogen-bond donors (Lipinski definition) is 3. The van der Waals surface area contributed by atoms with Gasteiger partial charge in [0.2, 0.25) is 5.88 Å². The molecule has 0 fully saturated rings. The van der Waals surface area contributed by atoms with Crippen LogP contribution in [0.2, 0.25) is 15.1 Å². The predicted octanol–water partition coefficient (Wildman–Crippen LogP) is 6.43. The summed E-state index contributed by atoms with van der Waals surface area (Å²) in [5.41, 5.74) is 1.00. The van der Waals surface area contributed by atoms with Crippen LogP contribution in [0.25, 0.3) is 10.9 Å². The van der Waals surface area contributed by atoms with Gasteiger partial charge in [-0.1, -0.05) is 53.4 Å². The Hall–Kier alpha value is -2.61. The first-order chi connectivity index (χ1) is 14.9. The van der Waals surface area contributed by atoms with Crippen LogP contribution in [0.3, 0.4) is 0 Å². The molecule has 0 aliphatic rings. The highest BCUT2D eigenvalue weighted by atomic mass is 35.5. The first kappa shape index (κ1) is 23.1. The third kappa shape index (κ3) is 5.97. The van der Waals surface area contributed by atoms with Gasteiger partial charge in [-0.2, -0.15) is 0 Å². The molecule has 3 N–H and O–H groups in total. The van der Waals surface area contributed by atoms with Crippen LogP contribution in [0.15, 0.2) is 46.6 Å². The lowest BCUT2D eigenvalue weighted by molar-refractivity contribution is -0.118. The fourth-order valence-electron chi connectivity index (χ4n) is 2.97. The summed E-state index contributed by atoms with van der Waals surface area (Å²) in [5.74, 6) is -0.888. The fourth-order valence-corrected chi connectivity index (χ4v) is 3.73. The van der Waals surface area contributed by atoms with Gasteiger partial charge in [0.25, 0.3) is 11.8 Å². The number of azo groups is 1. The highest BCUT2D eigenvalue weighted by molar-refractivity contribution is 6.39. The Balaban J connectivity index is 1.43. The molecule has 7 nitrogen and oxygen atoms in total. The smallest absolute Gasteiger partial charge is 0.264 e. The summed E-state index contributed by atoms with van der Waals surface area (Å²) in [6, 6.07) is 9.95. The van der Waals surface area contributed by atoms with Gasteiger partial charge in [-0.25, -0.2) is 0 Å². The molecule has 0 unspecified atom stereocenters. The van der Waals surface area contributed by atoms with Crippen LogP contribution >= 0.6 is 34.8 Å². The lowest BCUT2D eigenvalue weighted by Crippen LogP contribution is -2.24. The zero-order valence-corrected chi connectivity index (χ0v) is 18.6. The minimum Gasteiger partial charge on any atom is -0.493 e. The number of carbonyl (C=O) groups is 2. The van der Waals surface area contributed by atoms with E-state index in [0.29, 0.717) is 50.9 Å². The Kier molecular flexibility index (Phi) is 7.90. The highest BCUT2D eigenvalue weighted by Crippen LogP contribution is 2.40. The minimum atomic E-state index is -0.415. The Morgan fingerprint density at radius 2 is 1.81 bits per heavy atom. The zero-order valence-electron chi connectivity index (χ0n) is 16.3. The number of fused-ring (bicyclic) bond motifs is 1. The maximum atomic E-state index is 12.1. The molecule has 2 amide bonds. The maximum absolute atomic E-state index is 12.1. The van der Waals surface area contributed by atoms with Crippen LogP contribution in [-0.2, 0) is 4.79 Å². The van der Waals surface area contributed by atoms with Crippen molar-refractivity contribution in [3.05, 3.63) is 57.0 Å². The van der Waals surface area contributed by atoms with E-state index in [1.54, 1.807) is 30.3 Å². The van der Waals surface area contributed by atoms with Crippen molar-refractivity contribution in [2.45, 2.75) is 25.7 Å². The van der Waals surface area contributed by atoms with Gasteiger partial charge in [-0.05, 0) is 37.1 Å². The summed E-state index contributed by atoms with van der Waals surface area (Å²) in [6.07, 6.45) is 2.23. The maximum Gasteiger partial charge on any atom is 0.264 e. The van der Waals surface area contributed by atoms with Crippen molar-refractivity contribution in [3.8, 4) is 5.88 Å². The molecule has 1 aromatic heterocycles. The van der Waals surface area contributed by atoms with Crippen LogP contribution in [0, 0.1) is 0 Å². The summed E-state index contributed by atoms with van der Waals surface area (Å²) < 4.78 is 0. The molecular weight excluding hydrogens is 463 g/mol. The number of nitrogens with zero attached hydrogens (tertiary/aromatic N) is 2. The average Bonchev–Trinajstić information content (AvgIpc) is 3.04. The number of hydrogen-bond acceptors (Lipinski definition) is 4. The van der Waals surface area contributed by atoms with Gasteiger partial charge in [0.1, 0.15) is 0 Å². The molecule has 0 atom stereocenters. The van der Waals surface area contributed by atoms with Crippen LogP contribution in [0.5, 0.6) is 5.88 Å². The third-order valence-electron chi connectivity index (χ3n) is 4.51. The van der Waals surface area contributed by atoms with E-state index in [0.717, 1.165) is 6.42 Å². The van der Waals surface area contributed by atoms with Gasteiger partial charge in [-0.15, -0.1) is 10.2 Å². The van der Waals surface area contributed by atoms with Gasteiger partial charge < -0.3 is 15.4 Å². The summed E-state index contributed by atoms with van der Waals surface area (Å²) in [6.45, 7) is 0.477. The second-order valence-electron chi connectivity index (χ2n) is 6.77. The second kappa shape index (κ2) is 10.6. The first-order valence-corrected chi connectivity index (χ1v) is 10.7. The van der Waals surface area contributed by atoms with Crippen molar-refractivity contribution < 1.29 is 14.7 Å². The zero-order chi connectivity index (χ0) is 22.4. The van der Waals surface area contributed by atoms with Gasteiger partial charge in [0.15, 0.2) is 5.69 Å². The van der Waals surface area contributed by atoms with Crippen molar-refractivity contribution in [1.82, 2.24) is 10.3 Å². The van der Waals surface area contributed by atoms with Gasteiger partial charge >= 0.3 is 0 Å². The number of H-pyrrole nitrogens is 1. The molecule has 3 aromatic rings. The van der Waals surface area contributed by atoms with E-state index in [1.807, 2.05) is 0 Å². The summed E-state index contributed by atoms with van der Waals surface area (Å²) in [5, 5.41) is 21.9. The molecular formula is C21H19Cl3N4O3. The molecule has 0 aliphatic heterocycles. The minimum absolute atomic E-state index is 0.107. The largest absolute Gasteiger partial charge is 0.493 e. The molecule has 0 bridgehead atoms. The number of benzene rings is 2.